The van der Waals surface area contributed by atoms with E-state index in [4.69, 9.17) is 31.7 Å². The molecule has 196 valence electrons. The fraction of sp³-hybridized carbons (Fsp3) is 0.440. The monoisotopic (exact) mass is 545 g/mol. The molecule has 3 heterocycles. The Morgan fingerprint density at radius 2 is 2.16 bits per heavy atom. The number of halogens is 2. The first-order valence-electron chi connectivity index (χ1n) is 12.2. The van der Waals surface area contributed by atoms with Crippen molar-refractivity contribution >= 4 is 50.6 Å². The maximum atomic E-state index is 15.1. The van der Waals surface area contributed by atoms with Gasteiger partial charge in [-0.2, -0.15) is 9.97 Å². The van der Waals surface area contributed by atoms with E-state index in [2.05, 4.69) is 10.3 Å². The van der Waals surface area contributed by atoms with Crippen LogP contribution in [0.1, 0.15) is 19.8 Å². The van der Waals surface area contributed by atoms with Gasteiger partial charge in [-0.3, -0.25) is 0 Å². The molecule has 37 heavy (non-hydrogen) atoms. The van der Waals surface area contributed by atoms with Crippen molar-refractivity contribution in [2.75, 3.05) is 43.1 Å². The molecule has 2 aromatic heterocycles. The Balaban J connectivity index is 1.56. The summed E-state index contributed by atoms with van der Waals surface area (Å²) < 4.78 is 21.9. The average molecular weight is 546 g/mol. The van der Waals surface area contributed by atoms with E-state index in [1.54, 1.807) is 12.1 Å². The van der Waals surface area contributed by atoms with Crippen molar-refractivity contribution in [2.45, 2.75) is 38.0 Å². The fourth-order valence-electron chi connectivity index (χ4n) is 4.21. The number of nitrogens with one attached hydrogen (secondary N) is 2. The van der Waals surface area contributed by atoms with E-state index in [1.165, 1.54) is 23.6 Å². The number of aliphatic hydroxyl groups excluding tert-OH is 1. The summed E-state index contributed by atoms with van der Waals surface area (Å²) in [6.07, 6.45) is 4.98. The first-order chi connectivity index (χ1) is 17.9. The Morgan fingerprint density at radius 3 is 2.86 bits per heavy atom. The van der Waals surface area contributed by atoms with Gasteiger partial charge in [-0.15, -0.1) is 0 Å². The van der Waals surface area contributed by atoms with Gasteiger partial charge >= 0.3 is 0 Å². The number of fused-ring (bicyclic) bond motifs is 1. The summed E-state index contributed by atoms with van der Waals surface area (Å²) in [5.74, 6) is -0.0661. The number of likely N-dealkylation sites (N-methyl/N-ethyl adjacent to an activating group) is 1. The van der Waals surface area contributed by atoms with Crippen LogP contribution < -0.4 is 15.1 Å². The fourth-order valence-corrected chi connectivity index (χ4v) is 5.36. The normalized spacial score (nSPS) is 20.4. The lowest BCUT2D eigenvalue weighted by atomic mass is 10.1. The largest absolute Gasteiger partial charge is 0.395 e. The first-order valence-corrected chi connectivity index (χ1v) is 13.4. The van der Waals surface area contributed by atoms with Crippen LogP contribution in [0.2, 0.25) is 5.02 Å². The van der Waals surface area contributed by atoms with Gasteiger partial charge in [-0.25, -0.2) is 9.37 Å². The number of anilines is 2. The lowest BCUT2D eigenvalue weighted by molar-refractivity contribution is 0.00652. The van der Waals surface area contributed by atoms with E-state index in [9.17, 15) is 5.11 Å². The van der Waals surface area contributed by atoms with E-state index in [0.717, 1.165) is 18.4 Å². The molecule has 1 aromatic carbocycles. The van der Waals surface area contributed by atoms with Gasteiger partial charge in [0.2, 0.25) is 5.95 Å². The molecule has 0 radical (unpaired) electrons. The van der Waals surface area contributed by atoms with Crippen LogP contribution in [0.15, 0.2) is 30.0 Å². The Morgan fingerprint density at radius 1 is 1.35 bits per heavy atom. The second-order valence-corrected chi connectivity index (χ2v) is 10.8. The molecule has 2 fully saturated rings. The van der Waals surface area contributed by atoms with Crippen LogP contribution in [-0.4, -0.2) is 77.8 Å². The summed E-state index contributed by atoms with van der Waals surface area (Å²) in [6, 6.07) is 4.99. The first kappa shape index (κ1) is 25.8. The second kappa shape index (κ2) is 10.9. The standard InChI is InChI=1S/C25H29ClFN7O2S/c1-14-12-34(13-20(36-14)15(10-28)11-29-17-4-5-17)24-30-21(18-6-3-16(26)9-19(18)27)22-23(31-24)32-25(37-22)33(2)7-8-35/h3,6,9-11,14,17,20,28-29,35H,4-5,7-8,12-13H2,1-2H3/b15-11+,28-10?/t14-,20+/m0/s1. The van der Waals surface area contributed by atoms with Crippen molar-refractivity contribution < 1.29 is 14.2 Å². The molecule has 2 atom stereocenters. The predicted molar refractivity (Wildman–Crippen MR) is 146 cm³/mol. The molecule has 1 saturated heterocycles. The number of ether oxygens (including phenoxy) is 1. The number of hydrogen-bond donors (Lipinski definition) is 3. The molecular weight excluding hydrogens is 517 g/mol. The second-order valence-electron chi connectivity index (χ2n) is 9.36. The van der Waals surface area contributed by atoms with E-state index >= 15 is 4.39 Å². The summed E-state index contributed by atoms with van der Waals surface area (Å²) in [7, 11) is 1.83. The molecule has 1 aliphatic heterocycles. The lowest BCUT2D eigenvalue weighted by Gasteiger charge is -2.37. The Labute approximate surface area is 223 Å². The summed E-state index contributed by atoms with van der Waals surface area (Å²) >= 11 is 7.37. The van der Waals surface area contributed by atoms with E-state index < -0.39 is 5.82 Å². The highest BCUT2D eigenvalue weighted by molar-refractivity contribution is 7.22. The highest BCUT2D eigenvalue weighted by atomic mass is 35.5. The highest BCUT2D eigenvalue weighted by Crippen LogP contribution is 2.37. The number of rotatable bonds is 9. The van der Waals surface area contributed by atoms with Crippen LogP contribution in [0, 0.1) is 11.2 Å². The lowest BCUT2D eigenvalue weighted by Crippen LogP contribution is -2.48. The number of benzene rings is 1. The Hall–Kier alpha value is -2.86. The molecule has 1 aliphatic carbocycles. The van der Waals surface area contributed by atoms with E-state index in [1.807, 2.05) is 30.0 Å². The van der Waals surface area contributed by atoms with Gasteiger partial charge in [0.15, 0.2) is 10.8 Å². The molecule has 0 bridgehead atoms. The zero-order valence-corrected chi connectivity index (χ0v) is 22.2. The zero-order valence-electron chi connectivity index (χ0n) is 20.6. The van der Waals surface area contributed by atoms with Gasteiger partial charge in [0.1, 0.15) is 16.6 Å². The summed E-state index contributed by atoms with van der Waals surface area (Å²) in [6.45, 7) is 3.33. The number of morpholine rings is 1. The summed E-state index contributed by atoms with van der Waals surface area (Å²) in [4.78, 5) is 18.1. The highest BCUT2D eigenvalue weighted by Gasteiger charge is 2.31. The van der Waals surface area contributed by atoms with Crippen LogP contribution in [0.5, 0.6) is 0 Å². The predicted octanol–water partition coefficient (Wildman–Crippen LogP) is 3.85. The third kappa shape index (κ3) is 5.69. The van der Waals surface area contributed by atoms with Gasteiger partial charge in [0.25, 0.3) is 0 Å². The minimum absolute atomic E-state index is 0.0203. The molecule has 3 N–H and O–H groups in total. The third-order valence-electron chi connectivity index (χ3n) is 6.32. The number of thiazole rings is 1. The Bertz CT molecular complexity index is 1330. The molecule has 0 unspecified atom stereocenters. The molecule has 12 heteroatoms. The smallest absolute Gasteiger partial charge is 0.228 e. The number of hydrogen-bond acceptors (Lipinski definition) is 10. The SMILES string of the molecule is C[C@H]1CN(c2nc(-c3ccc(Cl)cc3F)c3sc(N(C)CCO)nc3n2)C[C@H](/C(C=N)=C/NC2CC2)O1. The number of aromatic nitrogens is 3. The van der Waals surface area contributed by atoms with Crippen molar-refractivity contribution in [3.05, 3.63) is 40.8 Å². The van der Waals surface area contributed by atoms with Gasteiger partial charge in [-0.05, 0) is 38.0 Å². The van der Waals surface area contributed by atoms with E-state index in [-0.39, 0.29) is 18.8 Å². The summed E-state index contributed by atoms with van der Waals surface area (Å²) in [5.41, 5.74) is 1.94. The number of aliphatic hydroxyl groups is 1. The minimum atomic E-state index is -0.481. The van der Waals surface area contributed by atoms with Crippen LogP contribution in [0.3, 0.4) is 0 Å². The van der Waals surface area contributed by atoms with Crippen LogP contribution >= 0.6 is 22.9 Å². The van der Waals surface area contributed by atoms with Crippen molar-refractivity contribution in [3.63, 3.8) is 0 Å². The Kier molecular flexibility index (Phi) is 7.57. The minimum Gasteiger partial charge on any atom is -0.395 e. The van der Waals surface area contributed by atoms with Gasteiger partial charge in [0.05, 0.1) is 24.9 Å². The van der Waals surface area contributed by atoms with Crippen molar-refractivity contribution in [1.82, 2.24) is 20.3 Å². The van der Waals surface area contributed by atoms with Crippen LogP contribution in [0.25, 0.3) is 21.6 Å². The molecule has 3 aromatic rings. The third-order valence-corrected chi connectivity index (χ3v) is 7.72. The van der Waals surface area contributed by atoms with Crippen molar-refractivity contribution in [3.8, 4) is 11.3 Å². The molecule has 2 aliphatic rings. The van der Waals surface area contributed by atoms with Crippen molar-refractivity contribution in [1.29, 1.82) is 5.41 Å². The van der Waals surface area contributed by atoms with Gasteiger partial charge in [-0.1, -0.05) is 22.9 Å². The van der Waals surface area contributed by atoms with Gasteiger partial charge in [0, 0.05) is 54.8 Å². The molecule has 5 rings (SSSR count). The maximum Gasteiger partial charge on any atom is 0.228 e. The van der Waals surface area contributed by atoms with Crippen molar-refractivity contribution in [2.24, 2.45) is 0 Å². The maximum absolute atomic E-state index is 15.1. The molecule has 1 saturated carbocycles. The molecule has 9 nitrogen and oxygen atoms in total. The molecular formula is C25H29ClFN7O2S. The quantitative estimate of drug-likeness (QED) is 0.348. The van der Waals surface area contributed by atoms with Gasteiger partial charge < -0.3 is 30.4 Å². The summed E-state index contributed by atoms with van der Waals surface area (Å²) in [5, 5.41) is 21.6. The van der Waals surface area contributed by atoms with Crippen LogP contribution in [-0.2, 0) is 4.74 Å². The topological polar surface area (TPSA) is 110 Å². The van der Waals surface area contributed by atoms with E-state index in [0.29, 0.717) is 63.4 Å². The van der Waals surface area contributed by atoms with Crippen LogP contribution in [0.4, 0.5) is 15.5 Å². The average Bonchev–Trinajstić information content (AvgIpc) is 3.59. The molecule has 0 spiro atoms. The number of nitrogens with zero attached hydrogens (tertiary/aromatic N) is 5. The zero-order chi connectivity index (χ0) is 26.1. The molecule has 0 amide bonds.